The van der Waals surface area contributed by atoms with Crippen molar-refractivity contribution in [1.29, 1.82) is 0 Å². The van der Waals surface area contributed by atoms with Gasteiger partial charge in [-0.1, -0.05) is 31.1 Å². The molecule has 0 unspecified atom stereocenters. The third-order valence-electron chi connectivity index (χ3n) is 9.07. The molecule has 0 N–H and O–H groups in total. The molecule has 0 aromatic carbocycles. The lowest BCUT2D eigenvalue weighted by Gasteiger charge is -2.59. The van der Waals surface area contributed by atoms with Gasteiger partial charge in [-0.05, 0) is 95.8 Å². The van der Waals surface area contributed by atoms with E-state index in [2.05, 4.69) is 41.0 Å². The van der Waals surface area contributed by atoms with Gasteiger partial charge in [-0.15, -0.1) is 0 Å². The third-order valence-corrected chi connectivity index (χ3v) is 9.07. The second kappa shape index (κ2) is 8.66. The molecule has 1 aromatic heterocycles. The molecule has 0 spiro atoms. The summed E-state index contributed by atoms with van der Waals surface area (Å²) in [5, 5.41) is 3.86. The highest BCUT2D eigenvalue weighted by Crippen LogP contribution is 2.66. The Hall–Kier alpha value is -2.33. The molecule has 6 nitrogen and oxygen atoms in total. The van der Waals surface area contributed by atoms with Crippen molar-refractivity contribution in [3.8, 4) is 0 Å². The molecule has 3 aliphatic carbocycles. The number of rotatable bonds is 6. The van der Waals surface area contributed by atoms with Gasteiger partial charge in [-0.3, -0.25) is 9.78 Å². The van der Waals surface area contributed by atoms with E-state index in [-0.39, 0.29) is 22.7 Å². The van der Waals surface area contributed by atoms with Crippen LogP contribution >= 0.6 is 0 Å². The number of pyridine rings is 1. The van der Waals surface area contributed by atoms with E-state index in [1.807, 2.05) is 18.5 Å². The van der Waals surface area contributed by atoms with Crippen LogP contribution in [0.4, 0.5) is 0 Å². The minimum Gasteiger partial charge on any atom is -0.469 e. The number of hydrogen-bond acceptors (Lipinski definition) is 4. The molecular formula is C25H34N4O2. The molecule has 4 rings (SSSR count). The van der Waals surface area contributed by atoms with Gasteiger partial charge in [0.1, 0.15) is 0 Å². The summed E-state index contributed by atoms with van der Waals surface area (Å²) in [4.78, 5) is 19.5. The minimum absolute atomic E-state index is 0.0102. The van der Waals surface area contributed by atoms with Gasteiger partial charge in [0.2, 0.25) is 0 Å². The average Bonchev–Trinajstić information content (AvgIpc) is 3.13. The largest absolute Gasteiger partial charge is 0.469 e. The maximum absolute atomic E-state index is 12.2. The molecule has 166 valence electrons. The van der Waals surface area contributed by atoms with E-state index in [1.54, 1.807) is 0 Å². The maximum Gasteiger partial charge on any atom is 0.305 e. The Bertz CT molecular complexity index is 894. The monoisotopic (exact) mass is 422 g/mol. The van der Waals surface area contributed by atoms with E-state index >= 15 is 0 Å². The van der Waals surface area contributed by atoms with Crippen LogP contribution in [-0.2, 0) is 9.53 Å². The van der Waals surface area contributed by atoms with Gasteiger partial charge in [0.05, 0.1) is 7.11 Å². The van der Waals surface area contributed by atoms with Crippen molar-refractivity contribution in [2.45, 2.75) is 58.8 Å². The quantitative estimate of drug-likeness (QED) is 0.237. The summed E-state index contributed by atoms with van der Waals surface area (Å²) in [5.41, 5.74) is 11.7. The van der Waals surface area contributed by atoms with Crippen LogP contribution in [0.25, 0.3) is 16.0 Å². The number of methoxy groups -OCH3 is 1. The Kier molecular flexibility index (Phi) is 6.11. The first-order valence-electron chi connectivity index (χ1n) is 11.6. The first-order chi connectivity index (χ1) is 14.9. The molecule has 0 aliphatic heterocycles. The standard InChI is InChI=1S/C25H34N4O2/c1-24(12-14-28-29-26)18(15-23(30)31-3)6-7-19-21-9-8-20(17-5-4-13-27-16-17)25(21,2)11-10-22(19)24/h4-5,8,13,16,18-19,21-22H,6-7,9-12,14-15H2,1-3H3/t18-,19-,21-,22-,24-,25+/m0/s1. The molecule has 0 radical (unpaired) electrons. The number of allylic oxidation sites excluding steroid dienone is 2. The van der Waals surface area contributed by atoms with Gasteiger partial charge in [-0.2, -0.15) is 0 Å². The minimum atomic E-state index is -0.125. The van der Waals surface area contributed by atoms with E-state index in [1.165, 1.54) is 18.2 Å². The topological polar surface area (TPSA) is 88.0 Å². The zero-order valence-corrected chi connectivity index (χ0v) is 19.0. The number of fused-ring (bicyclic) bond motifs is 3. The molecule has 0 saturated heterocycles. The van der Waals surface area contributed by atoms with E-state index in [4.69, 9.17) is 10.3 Å². The fourth-order valence-electron chi connectivity index (χ4n) is 7.42. The smallest absolute Gasteiger partial charge is 0.305 e. The molecule has 0 bridgehead atoms. The van der Waals surface area contributed by atoms with E-state index in [0.29, 0.717) is 30.7 Å². The predicted octanol–water partition coefficient (Wildman–Crippen LogP) is 6.20. The van der Waals surface area contributed by atoms with Crippen molar-refractivity contribution in [3.63, 3.8) is 0 Å². The highest BCUT2D eigenvalue weighted by Gasteiger charge is 2.57. The SMILES string of the molecule is COC(=O)C[C@@H]1CC[C@@H]2[C@H](CC[C@]3(C)C(c4cccnc4)=CC[C@@H]23)[C@@]1(C)CCN=[N+]=[N-]. The second-order valence-corrected chi connectivity index (χ2v) is 10.2. The summed E-state index contributed by atoms with van der Waals surface area (Å²) < 4.78 is 5.02. The Morgan fingerprint density at radius 1 is 1.32 bits per heavy atom. The molecular weight excluding hydrogens is 388 g/mol. The zero-order chi connectivity index (χ0) is 22.1. The molecule has 1 heterocycles. The van der Waals surface area contributed by atoms with E-state index in [0.717, 1.165) is 38.5 Å². The van der Waals surface area contributed by atoms with Gasteiger partial charge in [0.25, 0.3) is 0 Å². The van der Waals surface area contributed by atoms with Crippen LogP contribution in [0.2, 0.25) is 0 Å². The third kappa shape index (κ3) is 3.76. The van der Waals surface area contributed by atoms with Crippen molar-refractivity contribution in [3.05, 3.63) is 46.6 Å². The van der Waals surface area contributed by atoms with Crippen LogP contribution in [0, 0.1) is 34.5 Å². The summed E-state index contributed by atoms with van der Waals surface area (Å²) in [6.45, 7) is 5.30. The number of carbonyl (C=O) groups excluding carboxylic acids is 1. The van der Waals surface area contributed by atoms with Crippen LogP contribution in [0.3, 0.4) is 0 Å². The number of aromatic nitrogens is 1. The summed E-state index contributed by atoms with van der Waals surface area (Å²) >= 11 is 0. The average molecular weight is 423 g/mol. The molecule has 2 saturated carbocycles. The molecule has 3 aliphatic rings. The Morgan fingerprint density at radius 3 is 2.87 bits per heavy atom. The predicted molar refractivity (Wildman–Crippen MR) is 121 cm³/mol. The number of azide groups is 1. The number of carbonyl (C=O) groups is 1. The normalized spacial score (nSPS) is 36.5. The van der Waals surface area contributed by atoms with Gasteiger partial charge in [0, 0.05) is 30.3 Å². The highest BCUT2D eigenvalue weighted by molar-refractivity contribution is 5.72. The Morgan fingerprint density at radius 2 is 2.16 bits per heavy atom. The number of hydrogen-bond donors (Lipinski definition) is 0. The molecule has 2 fully saturated rings. The van der Waals surface area contributed by atoms with Crippen molar-refractivity contribution in [2.24, 2.45) is 39.6 Å². The maximum atomic E-state index is 12.2. The molecule has 6 heteroatoms. The first-order valence-corrected chi connectivity index (χ1v) is 11.6. The lowest BCUT2D eigenvalue weighted by atomic mass is 9.46. The van der Waals surface area contributed by atoms with Gasteiger partial charge < -0.3 is 4.74 Å². The van der Waals surface area contributed by atoms with E-state index in [9.17, 15) is 4.79 Å². The van der Waals surface area contributed by atoms with Gasteiger partial charge in [0.15, 0.2) is 0 Å². The number of nitrogens with zero attached hydrogens (tertiary/aromatic N) is 4. The number of esters is 1. The van der Waals surface area contributed by atoms with Crippen molar-refractivity contribution in [2.75, 3.05) is 13.7 Å². The van der Waals surface area contributed by atoms with Crippen molar-refractivity contribution in [1.82, 2.24) is 4.98 Å². The van der Waals surface area contributed by atoms with Crippen molar-refractivity contribution >= 4 is 11.5 Å². The van der Waals surface area contributed by atoms with E-state index < -0.39 is 0 Å². The molecule has 6 atom stereocenters. The van der Waals surface area contributed by atoms with Crippen LogP contribution in [-0.4, -0.2) is 24.6 Å². The van der Waals surface area contributed by atoms with Crippen LogP contribution in [0.15, 0.2) is 35.7 Å². The van der Waals surface area contributed by atoms with Crippen LogP contribution in [0.5, 0.6) is 0 Å². The Balaban J connectivity index is 1.61. The van der Waals surface area contributed by atoms with Crippen LogP contribution in [0.1, 0.15) is 64.4 Å². The summed E-state index contributed by atoms with van der Waals surface area (Å²) in [6.07, 6.45) is 13.2. The summed E-state index contributed by atoms with van der Waals surface area (Å²) in [5.74, 6) is 1.96. The van der Waals surface area contributed by atoms with Gasteiger partial charge in [-0.25, -0.2) is 0 Å². The molecule has 0 amide bonds. The fraction of sp³-hybridized carbons (Fsp3) is 0.680. The lowest BCUT2D eigenvalue weighted by Crippen LogP contribution is -2.52. The lowest BCUT2D eigenvalue weighted by molar-refractivity contribution is -0.147. The molecule has 1 aromatic rings. The Labute approximate surface area is 185 Å². The fourth-order valence-corrected chi connectivity index (χ4v) is 7.42. The molecule has 31 heavy (non-hydrogen) atoms. The zero-order valence-electron chi connectivity index (χ0n) is 19.0. The van der Waals surface area contributed by atoms with Crippen LogP contribution < -0.4 is 0 Å². The highest BCUT2D eigenvalue weighted by atomic mass is 16.5. The van der Waals surface area contributed by atoms with Gasteiger partial charge >= 0.3 is 5.97 Å². The summed E-state index contributed by atoms with van der Waals surface area (Å²) in [7, 11) is 1.47. The van der Waals surface area contributed by atoms with Crippen molar-refractivity contribution < 1.29 is 9.53 Å². The summed E-state index contributed by atoms with van der Waals surface area (Å²) in [6, 6.07) is 4.22. The first kappa shape index (κ1) is 21.9. The second-order valence-electron chi connectivity index (χ2n) is 10.2. The number of ether oxygens (including phenoxy) is 1.